The second-order valence-corrected chi connectivity index (χ2v) is 6.33. The van der Waals surface area contributed by atoms with Crippen molar-refractivity contribution in [3.05, 3.63) is 35.5 Å². The van der Waals surface area contributed by atoms with Gasteiger partial charge in [-0.15, -0.1) is 0 Å². The number of hydrogen-bond acceptors (Lipinski definition) is 5. The van der Waals surface area contributed by atoms with Crippen molar-refractivity contribution in [2.75, 3.05) is 12.3 Å². The normalized spacial score (nSPS) is 18.0. The van der Waals surface area contributed by atoms with Gasteiger partial charge in [-0.1, -0.05) is 6.42 Å². The van der Waals surface area contributed by atoms with Gasteiger partial charge in [-0.2, -0.15) is 0 Å². The number of rotatable bonds is 4. The van der Waals surface area contributed by atoms with Crippen LogP contribution in [0.5, 0.6) is 5.75 Å². The van der Waals surface area contributed by atoms with Crippen molar-refractivity contribution in [3.8, 4) is 17.0 Å². The van der Waals surface area contributed by atoms with Crippen LogP contribution in [0.3, 0.4) is 0 Å². The monoisotopic (exact) mass is 312 g/mol. The molecule has 1 fully saturated rings. The summed E-state index contributed by atoms with van der Waals surface area (Å²) in [4.78, 5) is 8.38. The summed E-state index contributed by atoms with van der Waals surface area (Å²) in [7, 11) is 0. The van der Waals surface area contributed by atoms with Crippen molar-refractivity contribution in [1.82, 2.24) is 15.3 Å². The van der Waals surface area contributed by atoms with Crippen molar-refractivity contribution < 1.29 is 5.11 Å². The first kappa shape index (κ1) is 15.7. The first-order valence-corrected chi connectivity index (χ1v) is 8.28. The molecule has 2 aromatic rings. The summed E-state index contributed by atoms with van der Waals surface area (Å²) in [6, 6.07) is 8.13. The van der Waals surface area contributed by atoms with Crippen molar-refractivity contribution in [2.45, 2.75) is 45.1 Å². The van der Waals surface area contributed by atoms with Gasteiger partial charge in [0.1, 0.15) is 5.75 Å². The van der Waals surface area contributed by atoms with Crippen LogP contribution in [0.15, 0.2) is 24.3 Å². The quantitative estimate of drug-likeness (QED) is 0.808. The molecule has 5 nitrogen and oxygen atoms in total. The smallest absolute Gasteiger partial charge is 0.220 e. The van der Waals surface area contributed by atoms with Gasteiger partial charge in [-0.25, -0.2) is 9.97 Å². The van der Waals surface area contributed by atoms with Gasteiger partial charge in [0, 0.05) is 17.3 Å². The van der Waals surface area contributed by atoms with Gasteiger partial charge in [-0.3, -0.25) is 0 Å². The van der Waals surface area contributed by atoms with Gasteiger partial charge in [0.05, 0.1) is 5.69 Å². The van der Waals surface area contributed by atoms with E-state index >= 15 is 0 Å². The third-order valence-electron chi connectivity index (χ3n) is 4.34. The van der Waals surface area contributed by atoms with E-state index in [1.165, 1.54) is 19.3 Å². The maximum absolute atomic E-state index is 10.0. The highest BCUT2D eigenvalue weighted by atomic mass is 16.3. The van der Waals surface area contributed by atoms with Crippen LogP contribution in [-0.2, 0) is 6.42 Å². The predicted molar refractivity (Wildman–Crippen MR) is 92.2 cm³/mol. The minimum atomic E-state index is 0.260. The first-order chi connectivity index (χ1) is 11.1. The molecule has 0 aliphatic carbocycles. The van der Waals surface area contributed by atoms with Crippen LogP contribution < -0.4 is 11.1 Å². The van der Waals surface area contributed by atoms with Crippen LogP contribution in [0.2, 0.25) is 0 Å². The highest BCUT2D eigenvalue weighted by Crippen LogP contribution is 2.26. The van der Waals surface area contributed by atoms with Crippen molar-refractivity contribution >= 4 is 5.95 Å². The number of nitrogen functional groups attached to an aromatic ring is 1. The second-order valence-electron chi connectivity index (χ2n) is 6.33. The minimum Gasteiger partial charge on any atom is -0.508 e. The molecule has 1 aliphatic rings. The molecule has 0 radical (unpaired) electrons. The lowest BCUT2D eigenvalue weighted by Gasteiger charge is -2.23. The molecule has 0 spiro atoms. The zero-order valence-corrected chi connectivity index (χ0v) is 13.5. The zero-order chi connectivity index (χ0) is 16.2. The van der Waals surface area contributed by atoms with Gasteiger partial charge < -0.3 is 16.2 Å². The fourth-order valence-electron chi connectivity index (χ4n) is 3.22. The Morgan fingerprint density at radius 3 is 2.83 bits per heavy atom. The molecule has 1 saturated heterocycles. The summed E-state index contributed by atoms with van der Waals surface area (Å²) < 4.78 is 0. The van der Waals surface area contributed by atoms with Gasteiger partial charge >= 0.3 is 0 Å². The molecular formula is C18H24N4O. The average Bonchev–Trinajstić information content (AvgIpc) is 2.52. The van der Waals surface area contributed by atoms with Crippen molar-refractivity contribution in [1.29, 1.82) is 0 Å². The number of nitrogens with two attached hydrogens (primary N) is 1. The van der Waals surface area contributed by atoms with E-state index in [2.05, 4.69) is 21.4 Å². The van der Waals surface area contributed by atoms with E-state index in [0.29, 0.717) is 6.04 Å². The van der Waals surface area contributed by atoms with Gasteiger partial charge in [0.25, 0.3) is 0 Å². The lowest BCUT2D eigenvalue weighted by molar-refractivity contribution is 0.382. The molecule has 0 amide bonds. The first-order valence-electron chi connectivity index (χ1n) is 8.28. The Morgan fingerprint density at radius 1 is 1.22 bits per heavy atom. The van der Waals surface area contributed by atoms with E-state index in [-0.39, 0.29) is 11.7 Å². The molecule has 1 aromatic carbocycles. The Hall–Kier alpha value is -2.14. The fraction of sp³-hybridized carbons (Fsp3) is 0.444. The predicted octanol–water partition coefficient (Wildman–Crippen LogP) is 2.81. The topological polar surface area (TPSA) is 84.1 Å². The Kier molecular flexibility index (Phi) is 4.76. The third kappa shape index (κ3) is 4.20. The molecule has 5 heteroatoms. The Balaban J connectivity index is 1.78. The van der Waals surface area contributed by atoms with Crippen LogP contribution in [0.25, 0.3) is 11.3 Å². The molecule has 0 bridgehead atoms. The molecule has 0 saturated carbocycles. The summed E-state index contributed by atoms with van der Waals surface area (Å²) >= 11 is 0. The summed E-state index contributed by atoms with van der Waals surface area (Å²) in [5.41, 5.74) is 9.32. The van der Waals surface area contributed by atoms with Gasteiger partial charge in [-0.05, 0) is 69.0 Å². The van der Waals surface area contributed by atoms with E-state index < -0.39 is 0 Å². The number of nitrogens with one attached hydrogen (secondary N) is 1. The van der Waals surface area contributed by atoms with Crippen LogP contribution in [0.1, 0.15) is 36.9 Å². The summed E-state index contributed by atoms with van der Waals surface area (Å²) in [6.07, 6.45) is 5.86. The molecule has 4 N–H and O–H groups in total. The Bertz CT molecular complexity index is 660. The van der Waals surface area contributed by atoms with E-state index in [4.69, 9.17) is 5.73 Å². The molecule has 0 unspecified atom stereocenters. The van der Waals surface area contributed by atoms with E-state index in [1.807, 2.05) is 19.1 Å². The van der Waals surface area contributed by atoms with Crippen LogP contribution in [0.4, 0.5) is 5.95 Å². The van der Waals surface area contributed by atoms with E-state index in [0.717, 1.165) is 41.9 Å². The molecule has 122 valence electrons. The SMILES string of the molecule is Cc1cc(-c2cc(O)cc(CC[C@H]3CCCCN3)c2)nc(N)n1. The number of piperidine rings is 1. The largest absolute Gasteiger partial charge is 0.508 e. The Labute approximate surface area is 137 Å². The zero-order valence-electron chi connectivity index (χ0n) is 13.5. The molecular weight excluding hydrogens is 288 g/mol. The maximum Gasteiger partial charge on any atom is 0.220 e. The van der Waals surface area contributed by atoms with Crippen LogP contribution in [-0.4, -0.2) is 27.7 Å². The number of nitrogens with zero attached hydrogens (tertiary/aromatic N) is 2. The second kappa shape index (κ2) is 6.96. The fourth-order valence-corrected chi connectivity index (χ4v) is 3.22. The number of anilines is 1. The molecule has 1 aliphatic heterocycles. The number of phenols is 1. The average molecular weight is 312 g/mol. The summed E-state index contributed by atoms with van der Waals surface area (Å²) in [5, 5.41) is 13.6. The number of phenolic OH excluding ortho intramolecular Hbond substituents is 1. The minimum absolute atomic E-state index is 0.260. The maximum atomic E-state index is 10.0. The summed E-state index contributed by atoms with van der Waals surface area (Å²) in [5.74, 6) is 0.528. The lowest BCUT2D eigenvalue weighted by Crippen LogP contribution is -2.34. The van der Waals surface area contributed by atoms with E-state index in [9.17, 15) is 5.11 Å². The van der Waals surface area contributed by atoms with Crippen LogP contribution >= 0.6 is 0 Å². The molecule has 3 rings (SSSR count). The van der Waals surface area contributed by atoms with Crippen LogP contribution in [0, 0.1) is 6.92 Å². The number of aromatic hydroxyl groups is 1. The van der Waals surface area contributed by atoms with E-state index in [1.54, 1.807) is 6.07 Å². The third-order valence-corrected chi connectivity index (χ3v) is 4.34. The molecule has 23 heavy (non-hydrogen) atoms. The lowest BCUT2D eigenvalue weighted by atomic mass is 9.96. The molecule has 1 aromatic heterocycles. The summed E-state index contributed by atoms with van der Waals surface area (Å²) in [6.45, 7) is 3.01. The van der Waals surface area contributed by atoms with Gasteiger partial charge in [0.2, 0.25) is 5.95 Å². The highest BCUT2D eigenvalue weighted by molar-refractivity contribution is 5.63. The van der Waals surface area contributed by atoms with Crippen molar-refractivity contribution in [3.63, 3.8) is 0 Å². The standard InChI is InChI=1S/C18H24N4O/c1-12-8-17(22-18(19)21-12)14-9-13(10-16(23)11-14)5-6-15-4-2-3-7-20-15/h8-11,15,20,23H,2-7H2,1H3,(H2,19,21,22)/t15-/m1/s1. The van der Waals surface area contributed by atoms with Gasteiger partial charge in [0.15, 0.2) is 0 Å². The number of aromatic nitrogens is 2. The molecule has 1 atom stereocenters. The number of aryl methyl sites for hydroxylation is 2. The Morgan fingerprint density at radius 2 is 2.09 bits per heavy atom. The molecule has 2 heterocycles. The van der Waals surface area contributed by atoms with Crippen molar-refractivity contribution in [2.24, 2.45) is 0 Å². The number of hydrogen-bond donors (Lipinski definition) is 3. The number of benzene rings is 1. The highest BCUT2D eigenvalue weighted by Gasteiger charge is 2.13.